The largest absolute Gasteiger partial charge is 0.481 e. The Morgan fingerprint density at radius 1 is 1.22 bits per heavy atom. The van der Waals surface area contributed by atoms with Crippen LogP contribution in [0.1, 0.15) is 24.0 Å². The van der Waals surface area contributed by atoms with E-state index in [1.807, 2.05) is 49.4 Å². The molecule has 0 unspecified atom stereocenters. The molecule has 1 amide bonds. The third kappa shape index (κ3) is 4.64. The molecule has 138 valence electrons. The van der Waals surface area contributed by atoms with Crippen LogP contribution in [-0.2, 0) is 9.59 Å². The second-order valence-corrected chi connectivity index (χ2v) is 7.96. The van der Waals surface area contributed by atoms with Crippen molar-refractivity contribution in [2.45, 2.75) is 19.8 Å². The van der Waals surface area contributed by atoms with Crippen molar-refractivity contribution >= 4 is 46.3 Å². The Balaban J connectivity index is 1.86. The molecule has 0 aromatic heterocycles. The van der Waals surface area contributed by atoms with Crippen molar-refractivity contribution in [2.75, 3.05) is 6.54 Å². The zero-order valence-electron chi connectivity index (χ0n) is 14.8. The first-order valence-electron chi connectivity index (χ1n) is 8.59. The van der Waals surface area contributed by atoms with Gasteiger partial charge in [0.15, 0.2) is 0 Å². The molecule has 6 heteroatoms. The van der Waals surface area contributed by atoms with Crippen LogP contribution >= 0.6 is 24.0 Å². The lowest BCUT2D eigenvalue weighted by molar-refractivity contribution is -0.137. The molecule has 1 saturated heterocycles. The number of carbonyl (C=O) groups is 2. The van der Waals surface area contributed by atoms with E-state index in [4.69, 9.17) is 17.3 Å². The topological polar surface area (TPSA) is 57.6 Å². The smallest absolute Gasteiger partial charge is 0.303 e. The second-order valence-electron chi connectivity index (χ2n) is 6.29. The van der Waals surface area contributed by atoms with Gasteiger partial charge in [0.1, 0.15) is 4.32 Å². The van der Waals surface area contributed by atoms with Crippen LogP contribution in [0, 0.1) is 6.92 Å². The Kier molecular flexibility index (Phi) is 6.08. The van der Waals surface area contributed by atoms with Gasteiger partial charge in [0.05, 0.1) is 4.91 Å². The molecule has 2 aromatic rings. The molecule has 0 aliphatic carbocycles. The van der Waals surface area contributed by atoms with Gasteiger partial charge in [-0.2, -0.15) is 0 Å². The molecule has 1 aliphatic heterocycles. The average Bonchev–Trinajstić information content (AvgIpc) is 2.89. The molecule has 1 heterocycles. The fraction of sp³-hybridized carbons (Fsp3) is 0.190. The lowest BCUT2D eigenvalue weighted by atomic mass is 9.98. The van der Waals surface area contributed by atoms with E-state index in [9.17, 15) is 9.59 Å². The number of rotatable bonds is 6. The Morgan fingerprint density at radius 2 is 2.00 bits per heavy atom. The van der Waals surface area contributed by atoms with Crippen molar-refractivity contribution in [1.29, 1.82) is 0 Å². The van der Waals surface area contributed by atoms with Crippen LogP contribution in [0.2, 0.25) is 0 Å². The normalized spacial score (nSPS) is 15.6. The number of carboxylic acid groups (broad SMARTS) is 1. The van der Waals surface area contributed by atoms with E-state index in [1.54, 1.807) is 0 Å². The highest BCUT2D eigenvalue weighted by Crippen LogP contribution is 2.35. The highest BCUT2D eigenvalue weighted by Gasteiger charge is 2.31. The van der Waals surface area contributed by atoms with Gasteiger partial charge in [-0.05, 0) is 36.1 Å². The molecule has 2 aromatic carbocycles. The Bertz CT molecular complexity index is 937. The lowest BCUT2D eigenvalue weighted by Gasteiger charge is -2.13. The van der Waals surface area contributed by atoms with E-state index in [1.165, 1.54) is 22.2 Å². The molecule has 1 aliphatic rings. The van der Waals surface area contributed by atoms with Gasteiger partial charge in [-0.15, -0.1) is 0 Å². The number of benzene rings is 2. The van der Waals surface area contributed by atoms with Crippen molar-refractivity contribution in [3.63, 3.8) is 0 Å². The van der Waals surface area contributed by atoms with Crippen molar-refractivity contribution in [1.82, 2.24) is 4.90 Å². The highest BCUT2D eigenvalue weighted by atomic mass is 32.2. The number of hydrogen-bond acceptors (Lipinski definition) is 4. The summed E-state index contributed by atoms with van der Waals surface area (Å²) < 4.78 is 0.477. The number of carbonyl (C=O) groups excluding carboxylic acids is 1. The fourth-order valence-corrected chi connectivity index (χ4v) is 4.22. The maximum atomic E-state index is 12.7. The molecular formula is C21H19NO3S2. The fourth-order valence-electron chi connectivity index (χ4n) is 2.92. The van der Waals surface area contributed by atoms with Crippen LogP contribution in [0.5, 0.6) is 0 Å². The Morgan fingerprint density at radius 3 is 2.74 bits per heavy atom. The number of carboxylic acids is 1. The van der Waals surface area contributed by atoms with Crippen LogP contribution in [-0.4, -0.2) is 32.7 Å². The molecule has 0 radical (unpaired) electrons. The molecule has 27 heavy (non-hydrogen) atoms. The van der Waals surface area contributed by atoms with Gasteiger partial charge in [-0.25, -0.2) is 0 Å². The summed E-state index contributed by atoms with van der Waals surface area (Å²) in [7, 11) is 0. The van der Waals surface area contributed by atoms with E-state index in [0.29, 0.717) is 22.2 Å². The minimum Gasteiger partial charge on any atom is -0.481 e. The predicted octanol–water partition coefficient (Wildman–Crippen LogP) is 4.73. The Labute approximate surface area is 167 Å². The Hall–Kier alpha value is -2.44. The predicted molar refractivity (Wildman–Crippen MR) is 113 cm³/mol. The SMILES string of the molecule is Cc1cccc(-c2ccccc2C=C2SC(=S)N(CCCC(=O)O)C2=O)c1. The molecule has 0 bridgehead atoms. The van der Waals surface area contributed by atoms with Gasteiger partial charge in [-0.3, -0.25) is 14.5 Å². The number of amides is 1. The monoisotopic (exact) mass is 397 g/mol. The van der Waals surface area contributed by atoms with Gasteiger partial charge >= 0.3 is 5.97 Å². The van der Waals surface area contributed by atoms with Crippen molar-refractivity contribution in [2.24, 2.45) is 0 Å². The molecule has 1 fully saturated rings. The molecular weight excluding hydrogens is 378 g/mol. The first-order valence-corrected chi connectivity index (χ1v) is 9.81. The summed E-state index contributed by atoms with van der Waals surface area (Å²) in [6, 6.07) is 16.2. The standard InChI is InChI=1S/C21H19NO3S2/c1-14-6-4-8-15(12-14)17-9-3-2-7-16(17)13-18-20(25)22(21(26)27-18)11-5-10-19(23)24/h2-4,6-9,12-13H,5,10-11H2,1H3,(H,23,24). The van der Waals surface area contributed by atoms with Gasteiger partial charge in [0.25, 0.3) is 5.91 Å². The summed E-state index contributed by atoms with van der Waals surface area (Å²) >= 11 is 6.58. The average molecular weight is 398 g/mol. The second kappa shape index (κ2) is 8.50. The zero-order valence-corrected chi connectivity index (χ0v) is 16.5. The molecule has 3 rings (SSSR count). The zero-order chi connectivity index (χ0) is 19.4. The van der Waals surface area contributed by atoms with Crippen LogP contribution in [0.15, 0.2) is 53.4 Å². The van der Waals surface area contributed by atoms with Crippen LogP contribution in [0.4, 0.5) is 0 Å². The highest BCUT2D eigenvalue weighted by molar-refractivity contribution is 8.26. The third-order valence-electron chi connectivity index (χ3n) is 4.22. The minimum atomic E-state index is -0.872. The van der Waals surface area contributed by atoms with Crippen molar-refractivity contribution in [3.05, 3.63) is 64.6 Å². The minimum absolute atomic E-state index is 0.0201. The number of thiocarbonyl (C=S) groups is 1. The lowest BCUT2D eigenvalue weighted by Crippen LogP contribution is -2.29. The van der Waals surface area contributed by atoms with Crippen molar-refractivity contribution < 1.29 is 14.7 Å². The summed E-state index contributed by atoms with van der Waals surface area (Å²) in [5.74, 6) is -1.03. The number of aliphatic carboxylic acids is 1. The van der Waals surface area contributed by atoms with Gasteiger partial charge < -0.3 is 5.11 Å². The van der Waals surface area contributed by atoms with Crippen LogP contribution in [0.25, 0.3) is 17.2 Å². The van der Waals surface area contributed by atoms with Gasteiger partial charge in [0.2, 0.25) is 0 Å². The van der Waals surface area contributed by atoms with E-state index < -0.39 is 5.97 Å². The van der Waals surface area contributed by atoms with Crippen molar-refractivity contribution in [3.8, 4) is 11.1 Å². The number of hydrogen-bond donors (Lipinski definition) is 1. The number of nitrogens with zero attached hydrogens (tertiary/aromatic N) is 1. The first-order chi connectivity index (χ1) is 13.0. The molecule has 0 atom stereocenters. The quantitative estimate of drug-likeness (QED) is 0.564. The van der Waals surface area contributed by atoms with Crippen LogP contribution in [0.3, 0.4) is 0 Å². The molecule has 4 nitrogen and oxygen atoms in total. The maximum absolute atomic E-state index is 12.7. The van der Waals surface area contributed by atoms with Gasteiger partial charge in [-0.1, -0.05) is 78.1 Å². The summed E-state index contributed by atoms with van der Waals surface area (Å²) in [4.78, 5) is 25.4. The van der Waals surface area contributed by atoms with E-state index in [-0.39, 0.29) is 12.3 Å². The van der Waals surface area contributed by atoms with Gasteiger partial charge in [0, 0.05) is 13.0 Å². The summed E-state index contributed by atoms with van der Waals surface area (Å²) in [5.41, 5.74) is 4.28. The van der Waals surface area contributed by atoms with E-state index in [2.05, 4.69) is 12.1 Å². The molecule has 0 spiro atoms. The summed E-state index contributed by atoms with van der Waals surface area (Å²) in [6.45, 7) is 2.38. The summed E-state index contributed by atoms with van der Waals surface area (Å²) in [5, 5.41) is 8.77. The maximum Gasteiger partial charge on any atom is 0.303 e. The molecule has 1 N–H and O–H groups in total. The molecule has 0 saturated carbocycles. The van der Waals surface area contributed by atoms with E-state index in [0.717, 1.165) is 16.7 Å². The number of thioether (sulfide) groups is 1. The first kappa shape index (κ1) is 19.3. The van der Waals surface area contributed by atoms with E-state index >= 15 is 0 Å². The summed E-state index contributed by atoms with van der Waals surface area (Å²) in [6.07, 6.45) is 2.27. The van der Waals surface area contributed by atoms with Crippen LogP contribution < -0.4 is 0 Å². The third-order valence-corrected chi connectivity index (χ3v) is 5.60. The number of aryl methyl sites for hydroxylation is 1.